The van der Waals surface area contributed by atoms with Gasteiger partial charge < -0.3 is 15.8 Å². The molecule has 0 aliphatic rings. The van der Waals surface area contributed by atoms with Gasteiger partial charge in [0.2, 0.25) is 0 Å². The highest BCUT2D eigenvalue weighted by atomic mass is 16.5. The van der Waals surface area contributed by atoms with Crippen molar-refractivity contribution in [2.45, 2.75) is 13.3 Å². The summed E-state index contributed by atoms with van der Waals surface area (Å²) in [5.41, 5.74) is 6.86. The number of amides is 1. The first kappa shape index (κ1) is 14.8. The number of benzene rings is 1. The van der Waals surface area contributed by atoms with Gasteiger partial charge in [-0.3, -0.25) is 4.79 Å². The van der Waals surface area contributed by atoms with Gasteiger partial charge in [0.05, 0.1) is 12.2 Å². The number of carbonyl (C=O) groups is 1. The van der Waals surface area contributed by atoms with Crippen LogP contribution in [-0.2, 0) is 0 Å². The van der Waals surface area contributed by atoms with E-state index in [4.69, 9.17) is 10.5 Å². The second kappa shape index (κ2) is 6.69. The Hall–Kier alpha value is -2.63. The second-order valence-electron chi connectivity index (χ2n) is 4.45. The summed E-state index contributed by atoms with van der Waals surface area (Å²) < 4.78 is 5.58. The zero-order chi connectivity index (χ0) is 15.2. The molecule has 0 aliphatic heterocycles. The molecular weight excluding hydrogens is 268 g/mol. The topological polar surface area (TPSA) is 90.1 Å². The number of ether oxygens (including phenoxy) is 1. The number of anilines is 1. The summed E-state index contributed by atoms with van der Waals surface area (Å²) >= 11 is 0. The monoisotopic (exact) mass is 286 g/mol. The number of carbonyl (C=O) groups excluding carboxylic acids is 1. The lowest BCUT2D eigenvalue weighted by Crippen LogP contribution is -2.20. The Bertz CT molecular complexity index is 643. The van der Waals surface area contributed by atoms with Crippen LogP contribution in [0.5, 0.6) is 5.75 Å². The van der Waals surface area contributed by atoms with Crippen LogP contribution in [0.4, 0.5) is 5.82 Å². The van der Waals surface area contributed by atoms with Crippen molar-refractivity contribution in [3.05, 3.63) is 36.0 Å². The van der Waals surface area contributed by atoms with Gasteiger partial charge in [-0.1, -0.05) is 19.1 Å². The number of aromatic nitrogens is 2. The van der Waals surface area contributed by atoms with Crippen molar-refractivity contribution >= 4 is 11.7 Å². The fourth-order valence-corrected chi connectivity index (χ4v) is 1.79. The molecule has 0 radical (unpaired) electrons. The Kier molecular flexibility index (Phi) is 4.71. The average Bonchev–Trinajstić information content (AvgIpc) is 2.52. The molecule has 1 aromatic heterocycles. The van der Waals surface area contributed by atoms with Crippen LogP contribution in [0, 0.1) is 0 Å². The van der Waals surface area contributed by atoms with Crippen molar-refractivity contribution in [3.63, 3.8) is 0 Å². The Morgan fingerprint density at radius 1 is 1.43 bits per heavy atom. The number of nitrogens with two attached hydrogens (primary N) is 1. The van der Waals surface area contributed by atoms with Gasteiger partial charge in [-0.2, -0.15) is 0 Å². The van der Waals surface area contributed by atoms with Crippen molar-refractivity contribution in [1.29, 1.82) is 0 Å². The first-order valence-electron chi connectivity index (χ1n) is 6.73. The molecule has 0 saturated carbocycles. The minimum Gasteiger partial charge on any atom is -0.494 e. The second-order valence-corrected chi connectivity index (χ2v) is 4.45. The maximum atomic E-state index is 11.6. The Morgan fingerprint density at radius 2 is 2.24 bits per heavy atom. The standard InChI is InChI=1S/C15H18N4O2/c1-3-7-21-11-6-4-5-10(8-11)14-18-9-12(13(16)19-14)15(20)17-2/h4-6,8-9H,3,7H2,1-2H3,(H,17,20)(H2,16,18,19). The number of rotatable bonds is 5. The predicted octanol–water partition coefficient (Wildman–Crippen LogP) is 1.87. The van der Waals surface area contributed by atoms with Crippen molar-refractivity contribution in [2.75, 3.05) is 19.4 Å². The van der Waals surface area contributed by atoms with E-state index in [0.29, 0.717) is 12.4 Å². The summed E-state index contributed by atoms with van der Waals surface area (Å²) in [5.74, 6) is 1.06. The molecule has 0 fully saturated rings. The van der Waals surface area contributed by atoms with E-state index in [0.717, 1.165) is 17.7 Å². The van der Waals surface area contributed by atoms with Crippen molar-refractivity contribution in [3.8, 4) is 17.1 Å². The molecule has 1 aromatic carbocycles. The molecular formula is C15H18N4O2. The first-order chi connectivity index (χ1) is 10.2. The van der Waals surface area contributed by atoms with E-state index in [1.165, 1.54) is 13.2 Å². The molecule has 6 heteroatoms. The van der Waals surface area contributed by atoms with Crippen molar-refractivity contribution in [1.82, 2.24) is 15.3 Å². The normalized spacial score (nSPS) is 10.2. The number of nitrogens with zero attached hydrogens (tertiary/aromatic N) is 2. The van der Waals surface area contributed by atoms with Crippen LogP contribution in [0.1, 0.15) is 23.7 Å². The van der Waals surface area contributed by atoms with Gasteiger partial charge in [0, 0.05) is 18.8 Å². The van der Waals surface area contributed by atoms with Crippen LogP contribution in [0.3, 0.4) is 0 Å². The summed E-state index contributed by atoms with van der Waals surface area (Å²) in [6.07, 6.45) is 2.37. The molecule has 0 atom stereocenters. The minimum absolute atomic E-state index is 0.152. The molecule has 1 amide bonds. The highest BCUT2D eigenvalue weighted by Crippen LogP contribution is 2.22. The van der Waals surface area contributed by atoms with E-state index in [1.807, 2.05) is 31.2 Å². The number of hydrogen-bond donors (Lipinski definition) is 2. The molecule has 0 saturated heterocycles. The summed E-state index contributed by atoms with van der Waals surface area (Å²) in [7, 11) is 1.53. The third kappa shape index (κ3) is 3.47. The third-order valence-electron chi connectivity index (χ3n) is 2.86. The predicted molar refractivity (Wildman–Crippen MR) is 81.1 cm³/mol. The third-order valence-corrected chi connectivity index (χ3v) is 2.86. The number of nitrogens with one attached hydrogen (secondary N) is 1. The van der Waals surface area contributed by atoms with Crippen LogP contribution in [0.15, 0.2) is 30.5 Å². The van der Waals surface area contributed by atoms with E-state index >= 15 is 0 Å². The van der Waals surface area contributed by atoms with Gasteiger partial charge in [0.25, 0.3) is 5.91 Å². The zero-order valence-corrected chi connectivity index (χ0v) is 12.1. The molecule has 0 bridgehead atoms. The summed E-state index contributed by atoms with van der Waals surface area (Å²) in [4.78, 5) is 19.9. The molecule has 2 aromatic rings. The lowest BCUT2D eigenvalue weighted by Gasteiger charge is -2.08. The van der Waals surface area contributed by atoms with Crippen LogP contribution in [-0.4, -0.2) is 29.5 Å². The van der Waals surface area contributed by atoms with Gasteiger partial charge >= 0.3 is 0 Å². The molecule has 110 valence electrons. The molecule has 21 heavy (non-hydrogen) atoms. The lowest BCUT2D eigenvalue weighted by atomic mass is 10.2. The fraction of sp³-hybridized carbons (Fsp3) is 0.267. The van der Waals surface area contributed by atoms with Crippen molar-refractivity contribution in [2.24, 2.45) is 0 Å². The molecule has 1 heterocycles. The van der Waals surface area contributed by atoms with Gasteiger partial charge in [0.1, 0.15) is 11.6 Å². The van der Waals surface area contributed by atoms with E-state index < -0.39 is 0 Å². The van der Waals surface area contributed by atoms with Gasteiger partial charge in [-0.15, -0.1) is 0 Å². The maximum Gasteiger partial charge on any atom is 0.256 e. The van der Waals surface area contributed by atoms with Gasteiger partial charge in [-0.25, -0.2) is 9.97 Å². The van der Waals surface area contributed by atoms with Crippen LogP contribution >= 0.6 is 0 Å². The average molecular weight is 286 g/mol. The van der Waals surface area contributed by atoms with E-state index in [1.54, 1.807) is 0 Å². The van der Waals surface area contributed by atoms with Crippen LogP contribution < -0.4 is 15.8 Å². The van der Waals surface area contributed by atoms with Crippen LogP contribution in [0.2, 0.25) is 0 Å². The van der Waals surface area contributed by atoms with Gasteiger partial charge in [-0.05, 0) is 18.6 Å². The number of nitrogen functional groups attached to an aromatic ring is 1. The quantitative estimate of drug-likeness (QED) is 0.875. The molecule has 6 nitrogen and oxygen atoms in total. The van der Waals surface area contributed by atoms with Crippen LogP contribution in [0.25, 0.3) is 11.4 Å². The van der Waals surface area contributed by atoms with Crippen molar-refractivity contribution < 1.29 is 9.53 Å². The molecule has 2 rings (SSSR count). The summed E-state index contributed by atoms with van der Waals surface area (Å²) in [5, 5.41) is 2.49. The highest BCUT2D eigenvalue weighted by Gasteiger charge is 2.12. The Labute approximate surface area is 123 Å². The summed E-state index contributed by atoms with van der Waals surface area (Å²) in [6, 6.07) is 7.46. The fourth-order valence-electron chi connectivity index (χ4n) is 1.79. The Balaban J connectivity index is 2.30. The number of hydrogen-bond acceptors (Lipinski definition) is 5. The van der Waals surface area contributed by atoms with E-state index in [2.05, 4.69) is 15.3 Å². The molecule has 0 aliphatic carbocycles. The molecule has 0 spiro atoms. The zero-order valence-electron chi connectivity index (χ0n) is 12.1. The smallest absolute Gasteiger partial charge is 0.256 e. The largest absolute Gasteiger partial charge is 0.494 e. The highest BCUT2D eigenvalue weighted by molar-refractivity contribution is 5.98. The van der Waals surface area contributed by atoms with E-state index in [9.17, 15) is 4.79 Å². The Morgan fingerprint density at radius 3 is 2.90 bits per heavy atom. The maximum absolute atomic E-state index is 11.6. The molecule has 3 N–H and O–H groups in total. The first-order valence-corrected chi connectivity index (χ1v) is 6.73. The van der Waals surface area contributed by atoms with E-state index in [-0.39, 0.29) is 17.3 Å². The van der Waals surface area contributed by atoms with Gasteiger partial charge in [0.15, 0.2) is 5.82 Å². The summed E-state index contributed by atoms with van der Waals surface area (Å²) in [6.45, 7) is 2.70. The lowest BCUT2D eigenvalue weighted by molar-refractivity contribution is 0.0963. The minimum atomic E-state index is -0.306. The SMILES string of the molecule is CCCOc1cccc(-c2ncc(C(=O)NC)c(N)n2)c1. The molecule has 0 unspecified atom stereocenters.